The maximum atomic E-state index is 12.2. The van der Waals surface area contributed by atoms with E-state index >= 15 is 0 Å². The molecule has 1 aromatic rings. The van der Waals surface area contributed by atoms with Gasteiger partial charge in [-0.3, -0.25) is 9.69 Å². The van der Waals surface area contributed by atoms with Crippen LogP contribution in [-0.4, -0.2) is 30.5 Å². The third-order valence-corrected chi connectivity index (χ3v) is 4.00. The highest BCUT2D eigenvalue weighted by Gasteiger charge is 2.30. The maximum absolute atomic E-state index is 12.2. The van der Waals surface area contributed by atoms with Crippen LogP contribution in [0.2, 0.25) is 0 Å². The van der Waals surface area contributed by atoms with E-state index in [0.717, 1.165) is 30.2 Å². The molecule has 1 amide bonds. The Bertz CT molecular complexity index is 402. The minimum Gasteiger partial charge on any atom is -0.309 e. The van der Waals surface area contributed by atoms with Crippen molar-refractivity contribution in [2.24, 2.45) is 0 Å². The molecule has 0 saturated carbocycles. The monoisotopic (exact) mass is 253 g/mol. The number of likely N-dealkylation sites (N-methyl/N-ethyl adjacent to an activating group) is 1. The predicted octanol–water partition coefficient (Wildman–Crippen LogP) is 1.98. The Labute approximate surface area is 106 Å². The van der Waals surface area contributed by atoms with E-state index in [1.54, 1.807) is 11.3 Å². The van der Waals surface area contributed by atoms with Gasteiger partial charge >= 0.3 is 0 Å². The summed E-state index contributed by atoms with van der Waals surface area (Å²) in [6.07, 6.45) is 1.96. The Morgan fingerprint density at radius 2 is 2.35 bits per heavy atom. The minimum atomic E-state index is -0.0462. The number of nitrogens with zero attached hydrogens (tertiary/aromatic N) is 2. The zero-order chi connectivity index (χ0) is 12.4. The smallest absolute Gasteiger partial charge is 0.245 e. The fourth-order valence-corrected chi connectivity index (χ4v) is 3.02. The van der Waals surface area contributed by atoms with E-state index in [1.807, 2.05) is 11.9 Å². The van der Waals surface area contributed by atoms with Crippen LogP contribution in [0.15, 0.2) is 5.38 Å². The van der Waals surface area contributed by atoms with Crippen molar-refractivity contribution in [1.82, 2.24) is 10.3 Å². The number of amides is 1. The zero-order valence-electron chi connectivity index (χ0n) is 10.6. The van der Waals surface area contributed by atoms with Crippen LogP contribution in [0.5, 0.6) is 0 Å². The molecule has 2 rings (SSSR count). The molecule has 0 radical (unpaired) electrons. The SMILES string of the molecule is CNC1CCCN(c2nc(C(C)C)cs2)C1=O. The molecule has 1 unspecified atom stereocenters. The summed E-state index contributed by atoms with van der Waals surface area (Å²) in [6, 6.07) is -0.0462. The summed E-state index contributed by atoms with van der Waals surface area (Å²) in [5, 5.41) is 5.97. The highest BCUT2D eigenvalue weighted by molar-refractivity contribution is 7.14. The zero-order valence-corrected chi connectivity index (χ0v) is 11.4. The molecule has 1 aromatic heterocycles. The van der Waals surface area contributed by atoms with Crippen molar-refractivity contribution >= 4 is 22.4 Å². The Morgan fingerprint density at radius 3 is 2.94 bits per heavy atom. The van der Waals surface area contributed by atoms with Crippen LogP contribution in [-0.2, 0) is 4.79 Å². The molecule has 4 nitrogen and oxygen atoms in total. The Morgan fingerprint density at radius 1 is 1.59 bits per heavy atom. The van der Waals surface area contributed by atoms with Gasteiger partial charge < -0.3 is 5.32 Å². The lowest BCUT2D eigenvalue weighted by atomic mass is 10.1. The molecular weight excluding hydrogens is 234 g/mol. The first-order valence-corrected chi connectivity index (χ1v) is 6.95. The van der Waals surface area contributed by atoms with Crippen molar-refractivity contribution in [2.75, 3.05) is 18.5 Å². The fourth-order valence-electron chi connectivity index (χ4n) is 2.00. The summed E-state index contributed by atoms with van der Waals surface area (Å²) >= 11 is 1.57. The van der Waals surface area contributed by atoms with Gasteiger partial charge in [0.25, 0.3) is 0 Å². The molecule has 1 aliphatic heterocycles. The molecule has 1 saturated heterocycles. The first-order chi connectivity index (χ1) is 8.13. The fraction of sp³-hybridized carbons (Fsp3) is 0.667. The summed E-state index contributed by atoms with van der Waals surface area (Å²) in [5.41, 5.74) is 1.07. The quantitative estimate of drug-likeness (QED) is 0.896. The Kier molecular flexibility index (Phi) is 3.79. The average molecular weight is 253 g/mol. The summed E-state index contributed by atoms with van der Waals surface area (Å²) < 4.78 is 0. The Balaban J connectivity index is 2.17. The molecule has 1 aliphatic rings. The van der Waals surface area contributed by atoms with E-state index in [9.17, 15) is 4.79 Å². The van der Waals surface area contributed by atoms with Gasteiger partial charge in [0.05, 0.1) is 11.7 Å². The molecular formula is C12H19N3OS. The topological polar surface area (TPSA) is 45.2 Å². The summed E-state index contributed by atoms with van der Waals surface area (Å²) in [6.45, 7) is 5.03. The standard InChI is InChI=1S/C12H19N3OS/c1-8(2)10-7-17-12(14-10)15-6-4-5-9(13-3)11(15)16/h7-9,13H,4-6H2,1-3H3. The third-order valence-electron chi connectivity index (χ3n) is 3.12. The number of carbonyl (C=O) groups excluding carboxylic acids is 1. The molecule has 5 heteroatoms. The molecule has 17 heavy (non-hydrogen) atoms. The molecule has 2 heterocycles. The van der Waals surface area contributed by atoms with E-state index < -0.39 is 0 Å². The molecule has 94 valence electrons. The number of piperidine rings is 1. The molecule has 1 fully saturated rings. The summed E-state index contributed by atoms with van der Waals surface area (Å²) in [4.78, 5) is 18.5. The maximum Gasteiger partial charge on any atom is 0.245 e. The summed E-state index contributed by atoms with van der Waals surface area (Å²) in [5.74, 6) is 0.573. The third kappa shape index (κ3) is 2.50. The number of anilines is 1. The van der Waals surface area contributed by atoms with E-state index in [1.165, 1.54) is 0 Å². The highest BCUT2D eigenvalue weighted by atomic mass is 32.1. The number of hydrogen-bond donors (Lipinski definition) is 1. The van der Waals surface area contributed by atoms with Crippen molar-refractivity contribution in [3.63, 3.8) is 0 Å². The van der Waals surface area contributed by atoms with Gasteiger partial charge in [-0.1, -0.05) is 13.8 Å². The number of hydrogen-bond acceptors (Lipinski definition) is 4. The van der Waals surface area contributed by atoms with Crippen LogP contribution in [0.25, 0.3) is 0 Å². The lowest BCUT2D eigenvalue weighted by Crippen LogP contribution is -2.49. The van der Waals surface area contributed by atoms with Crippen LogP contribution in [0.4, 0.5) is 5.13 Å². The van der Waals surface area contributed by atoms with Gasteiger partial charge in [-0.25, -0.2) is 4.98 Å². The van der Waals surface area contributed by atoms with Gasteiger partial charge in [-0.15, -0.1) is 11.3 Å². The molecule has 0 aliphatic carbocycles. The van der Waals surface area contributed by atoms with Gasteiger partial charge in [-0.05, 0) is 25.8 Å². The lowest BCUT2D eigenvalue weighted by molar-refractivity contribution is -0.121. The molecule has 0 aromatic carbocycles. The molecule has 0 bridgehead atoms. The van der Waals surface area contributed by atoms with Crippen LogP contribution in [0.1, 0.15) is 38.3 Å². The van der Waals surface area contributed by atoms with Crippen LogP contribution in [0.3, 0.4) is 0 Å². The number of nitrogens with one attached hydrogen (secondary N) is 1. The molecule has 1 N–H and O–H groups in total. The van der Waals surface area contributed by atoms with Gasteiger partial charge in [0, 0.05) is 11.9 Å². The largest absolute Gasteiger partial charge is 0.309 e. The highest BCUT2D eigenvalue weighted by Crippen LogP contribution is 2.27. The van der Waals surface area contributed by atoms with Crippen molar-refractivity contribution in [1.29, 1.82) is 0 Å². The van der Waals surface area contributed by atoms with Crippen LogP contribution < -0.4 is 10.2 Å². The van der Waals surface area contributed by atoms with Crippen LogP contribution >= 0.6 is 11.3 Å². The average Bonchev–Trinajstić information content (AvgIpc) is 2.78. The van der Waals surface area contributed by atoms with Crippen molar-refractivity contribution in [2.45, 2.75) is 38.6 Å². The van der Waals surface area contributed by atoms with Crippen molar-refractivity contribution in [3.8, 4) is 0 Å². The first-order valence-electron chi connectivity index (χ1n) is 6.07. The van der Waals surface area contributed by atoms with Crippen molar-refractivity contribution < 1.29 is 4.79 Å². The number of rotatable bonds is 3. The van der Waals surface area contributed by atoms with Gasteiger partial charge in [0.2, 0.25) is 5.91 Å². The van der Waals surface area contributed by atoms with Gasteiger partial charge in [0.15, 0.2) is 5.13 Å². The van der Waals surface area contributed by atoms with E-state index in [4.69, 9.17) is 0 Å². The van der Waals surface area contributed by atoms with E-state index in [-0.39, 0.29) is 11.9 Å². The van der Waals surface area contributed by atoms with E-state index in [0.29, 0.717) is 5.92 Å². The second kappa shape index (κ2) is 5.14. The van der Waals surface area contributed by atoms with Crippen molar-refractivity contribution in [3.05, 3.63) is 11.1 Å². The van der Waals surface area contributed by atoms with Crippen LogP contribution in [0, 0.1) is 0 Å². The van der Waals surface area contributed by atoms with E-state index in [2.05, 4.69) is 29.5 Å². The number of thiazole rings is 1. The molecule has 1 atom stereocenters. The normalized spacial score (nSPS) is 21.3. The Hall–Kier alpha value is -0.940. The van der Waals surface area contributed by atoms with Gasteiger partial charge in [0.1, 0.15) is 0 Å². The summed E-state index contributed by atoms with van der Waals surface area (Å²) in [7, 11) is 1.84. The minimum absolute atomic E-state index is 0.0462. The second-order valence-electron chi connectivity index (χ2n) is 4.68. The first kappa shape index (κ1) is 12.5. The van der Waals surface area contributed by atoms with Gasteiger partial charge in [-0.2, -0.15) is 0 Å². The number of carbonyl (C=O) groups is 1. The second-order valence-corrected chi connectivity index (χ2v) is 5.52. The molecule has 0 spiro atoms. The number of aromatic nitrogens is 1. The lowest BCUT2D eigenvalue weighted by Gasteiger charge is -2.30. The predicted molar refractivity (Wildman–Crippen MR) is 70.6 cm³/mol.